The molecule has 0 atom stereocenters. The van der Waals surface area contributed by atoms with Crippen molar-refractivity contribution in [1.82, 2.24) is 9.78 Å². The molecule has 0 bridgehead atoms. The fourth-order valence-corrected chi connectivity index (χ4v) is 4.26. The lowest BCUT2D eigenvalue weighted by atomic mass is 10.2. The van der Waals surface area contributed by atoms with E-state index in [1.807, 2.05) is 0 Å². The molecule has 2 aromatic heterocycles. The van der Waals surface area contributed by atoms with Crippen LogP contribution in [0.2, 0.25) is 0 Å². The molecule has 0 amide bonds. The normalized spacial score (nSPS) is 14.0. The van der Waals surface area contributed by atoms with Crippen LogP contribution in [-0.4, -0.2) is 16.1 Å². The number of aromatic nitrogens is 2. The van der Waals surface area contributed by atoms with Gasteiger partial charge in [0.05, 0.1) is 9.35 Å². The Kier molecular flexibility index (Phi) is 2.67. The van der Waals surface area contributed by atoms with Gasteiger partial charge in [0, 0.05) is 11.9 Å². The van der Waals surface area contributed by atoms with Crippen molar-refractivity contribution in [1.29, 1.82) is 0 Å². The summed E-state index contributed by atoms with van der Waals surface area (Å²) in [6.07, 6.45) is 4.47. The third-order valence-electron chi connectivity index (χ3n) is 3.12. The highest BCUT2D eigenvalue weighted by atomic mass is 79.9. The second-order valence-electron chi connectivity index (χ2n) is 4.20. The lowest BCUT2D eigenvalue weighted by Crippen LogP contribution is -1.95. The minimum absolute atomic E-state index is 0.591. The Morgan fingerprint density at radius 2 is 2.35 bits per heavy atom. The van der Waals surface area contributed by atoms with Gasteiger partial charge in [-0.3, -0.25) is 9.48 Å². The largest absolute Gasteiger partial charge is 0.296 e. The maximum atomic E-state index is 10.9. The molecular weight excluding hydrogens is 300 g/mol. The fraction of sp³-hybridized carbons (Fsp3) is 0.333. The number of carbonyl (C=O) groups excluding carboxylic acids is 1. The van der Waals surface area contributed by atoms with E-state index in [9.17, 15) is 4.79 Å². The average Bonchev–Trinajstić information content (AvgIpc) is 2.91. The standard InChI is InChI=1S/C12H11BrN2OS/c1-15-8(6-16)11(13)12(14-15)10-5-7-3-2-4-9(7)17-10/h5-6H,2-4H2,1H3. The lowest BCUT2D eigenvalue weighted by molar-refractivity contribution is 0.111. The van der Waals surface area contributed by atoms with Crippen LogP contribution in [0.25, 0.3) is 10.6 Å². The molecule has 1 aliphatic rings. The SMILES string of the molecule is Cn1nc(-c2cc3c(s2)CCC3)c(Br)c1C=O. The van der Waals surface area contributed by atoms with Gasteiger partial charge in [0.1, 0.15) is 11.4 Å². The van der Waals surface area contributed by atoms with Gasteiger partial charge >= 0.3 is 0 Å². The highest BCUT2D eigenvalue weighted by molar-refractivity contribution is 9.10. The van der Waals surface area contributed by atoms with Crippen LogP contribution in [0, 0.1) is 0 Å². The van der Waals surface area contributed by atoms with Crippen LogP contribution in [0.1, 0.15) is 27.3 Å². The molecule has 2 heterocycles. The summed E-state index contributed by atoms with van der Waals surface area (Å²) < 4.78 is 2.42. The number of hydrogen-bond donors (Lipinski definition) is 0. The van der Waals surface area contributed by atoms with Crippen molar-refractivity contribution in [3.63, 3.8) is 0 Å². The molecule has 5 heteroatoms. The maximum absolute atomic E-state index is 10.9. The second-order valence-corrected chi connectivity index (χ2v) is 6.13. The summed E-state index contributed by atoms with van der Waals surface area (Å²) in [5, 5.41) is 4.41. The minimum atomic E-state index is 0.591. The Morgan fingerprint density at radius 3 is 3.00 bits per heavy atom. The predicted octanol–water partition coefficient (Wildman–Crippen LogP) is 3.21. The number of aldehydes is 1. The van der Waals surface area contributed by atoms with Crippen LogP contribution >= 0.6 is 27.3 Å². The summed E-state index contributed by atoms with van der Waals surface area (Å²) in [7, 11) is 1.79. The molecule has 3 nitrogen and oxygen atoms in total. The molecule has 0 saturated carbocycles. The Morgan fingerprint density at radius 1 is 1.53 bits per heavy atom. The number of halogens is 1. The number of thiophene rings is 1. The zero-order valence-corrected chi connectivity index (χ0v) is 11.8. The van der Waals surface area contributed by atoms with Crippen LogP contribution < -0.4 is 0 Å². The van der Waals surface area contributed by atoms with Crippen molar-refractivity contribution >= 4 is 33.6 Å². The second kappa shape index (κ2) is 4.07. The van der Waals surface area contributed by atoms with Gasteiger partial charge in [-0.2, -0.15) is 5.10 Å². The molecule has 0 aromatic carbocycles. The zero-order chi connectivity index (χ0) is 12.0. The van der Waals surface area contributed by atoms with E-state index >= 15 is 0 Å². The Labute approximate surface area is 112 Å². The fourth-order valence-electron chi connectivity index (χ4n) is 2.24. The van der Waals surface area contributed by atoms with Crippen molar-refractivity contribution in [2.45, 2.75) is 19.3 Å². The molecule has 0 aliphatic heterocycles. The monoisotopic (exact) mass is 310 g/mol. The van der Waals surface area contributed by atoms with Crippen LogP contribution in [0.3, 0.4) is 0 Å². The Balaban J connectivity index is 2.12. The number of aryl methyl sites for hydroxylation is 3. The van der Waals surface area contributed by atoms with E-state index in [4.69, 9.17) is 0 Å². The predicted molar refractivity (Wildman–Crippen MR) is 71.6 cm³/mol. The quantitative estimate of drug-likeness (QED) is 0.798. The summed E-state index contributed by atoms with van der Waals surface area (Å²) in [4.78, 5) is 13.6. The molecule has 0 fully saturated rings. The molecule has 0 radical (unpaired) electrons. The number of rotatable bonds is 2. The average molecular weight is 311 g/mol. The number of nitrogens with zero attached hydrogens (tertiary/aromatic N) is 2. The van der Waals surface area contributed by atoms with E-state index in [0.717, 1.165) is 21.3 Å². The van der Waals surface area contributed by atoms with E-state index in [0.29, 0.717) is 5.69 Å². The first kappa shape index (κ1) is 11.2. The molecule has 88 valence electrons. The first-order valence-corrected chi connectivity index (χ1v) is 7.11. The van der Waals surface area contributed by atoms with Gasteiger partial charge in [-0.05, 0) is 46.8 Å². The smallest absolute Gasteiger partial charge is 0.169 e. The van der Waals surface area contributed by atoms with Crippen LogP contribution in [0.4, 0.5) is 0 Å². The molecule has 17 heavy (non-hydrogen) atoms. The molecule has 3 rings (SSSR count). The molecule has 2 aromatic rings. The van der Waals surface area contributed by atoms with Crippen molar-refractivity contribution in [2.75, 3.05) is 0 Å². The molecule has 0 unspecified atom stereocenters. The van der Waals surface area contributed by atoms with Crippen molar-refractivity contribution in [3.8, 4) is 10.6 Å². The van der Waals surface area contributed by atoms with E-state index < -0.39 is 0 Å². The summed E-state index contributed by atoms with van der Waals surface area (Å²) in [6.45, 7) is 0. The van der Waals surface area contributed by atoms with Crippen molar-refractivity contribution < 1.29 is 4.79 Å². The minimum Gasteiger partial charge on any atom is -0.296 e. The van der Waals surface area contributed by atoms with Gasteiger partial charge in [0.25, 0.3) is 0 Å². The Hall–Kier alpha value is -0.940. The van der Waals surface area contributed by atoms with Gasteiger partial charge < -0.3 is 0 Å². The molecule has 0 N–H and O–H groups in total. The molecule has 1 aliphatic carbocycles. The summed E-state index contributed by atoms with van der Waals surface area (Å²) in [6, 6.07) is 2.22. The third-order valence-corrected chi connectivity index (χ3v) is 5.15. The summed E-state index contributed by atoms with van der Waals surface area (Å²) in [5.74, 6) is 0. The van der Waals surface area contributed by atoms with Crippen molar-refractivity contribution in [2.24, 2.45) is 7.05 Å². The molecule has 0 spiro atoms. The van der Waals surface area contributed by atoms with Crippen LogP contribution in [-0.2, 0) is 19.9 Å². The van der Waals surface area contributed by atoms with Crippen molar-refractivity contribution in [3.05, 3.63) is 26.7 Å². The number of carbonyl (C=O) groups is 1. The number of fused-ring (bicyclic) bond motifs is 1. The highest BCUT2D eigenvalue weighted by Crippen LogP contribution is 2.39. The van der Waals surface area contributed by atoms with Gasteiger partial charge in [0.2, 0.25) is 0 Å². The summed E-state index contributed by atoms with van der Waals surface area (Å²) >= 11 is 5.26. The maximum Gasteiger partial charge on any atom is 0.169 e. The van der Waals surface area contributed by atoms with E-state index in [2.05, 4.69) is 27.1 Å². The van der Waals surface area contributed by atoms with E-state index in [-0.39, 0.29) is 0 Å². The highest BCUT2D eigenvalue weighted by Gasteiger charge is 2.20. The lowest BCUT2D eigenvalue weighted by Gasteiger charge is -1.92. The summed E-state index contributed by atoms with van der Waals surface area (Å²) in [5.41, 5.74) is 2.93. The molecule has 0 saturated heterocycles. The van der Waals surface area contributed by atoms with Gasteiger partial charge in [-0.1, -0.05) is 0 Å². The zero-order valence-electron chi connectivity index (χ0n) is 9.36. The first-order valence-electron chi connectivity index (χ1n) is 5.50. The Bertz CT molecular complexity index is 578. The molecular formula is C12H11BrN2OS. The van der Waals surface area contributed by atoms with Crippen LogP contribution in [0.5, 0.6) is 0 Å². The van der Waals surface area contributed by atoms with E-state index in [1.165, 1.54) is 29.7 Å². The van der Waals surface area contributed by atoms with Gasteiger partial charge in [-0.25, -0.2) is 0 Å². The van der Waals surface area contributed by atoms with Crippen LogP contribution in [0.15, 0.2) is 10.5 Å². The third kappa shape index (κ3) is 1.68. The number of hydrogen-bond acceptors (Lipinski definition) is 3. The van der Waals surface area contributed by atoms with Gasteiger partial charge in [0.15, 0.2) is 6.29 Å². The van der Waals surface area contributed by atoms with E-state index in [1.54, 1.807) is 23.1 Å². The first-order chi connectivity index (χ1) is 8.20. The van der Waals surface area contributed by atoms with Gasteiger partial charge in [-0.15, -0.1) is 11.3 Å². The topological polar surface area (TPSA) is 34.9 Å².